The van der Waals surface area contributed by atoms with E-state index in [4.69, 9.17) is 0 Å². The van der Waals surface area contributed by atoms with Gasteiger partial charge in [0.2, 0.25) is 11.6 Å². The van der Waals surface area contributed by atoms with Crippen molar-refractivity contribution in [3.05, 3.63) is 42.5 Å². The second kappa shape index (κ2) is 4.69. The summed E-state index contributed by atoms with van der Waals surface area (Å²) in [4.78, 5) is 24.3. The van der Waals surface area contributed by atoms with E-state index in [2.05, 4.69) is 0 Å². The van der Waals surface area contributed by atoms with Crippen molar-refractivity contribution in [3.63, 3.8) is 0 Å². The molecule has 20 heavy (non-hydrogen) atoms. The van der Waals surface area contributed by atoms with Gasteiger partial charge in [-0.05, 0) is 80.6 Å². The van der Waals surface area contributed by atoms with Crippen molar-refractivity contribution in [2.75, 3.05) is 0 Å². The number of hydrogen-bond donors (Lipinski definition) is 2. The molecule has 6 heteroatoms. The number of hydrogen-bond acceptors (Lipinski definition) is 4. The van der Waals surface area contributed by atoms with Gasteiger partial charge in [0.15, 0.2) is 0 Å². The predicted molar refractivity (Wildman–Crippen MR) is 89.3 cm³/mol. The summed E-state index contributed by atoms with van der Waals surface area (Å²) in [5.74, 6) is -1.11. The molecule has 3 rings (SSSR count). The first-order valence-electron chi connectivity index (χ1n) is 5.54. The smallest absolute Gasteiger partial charge is 0.234 e. The molecule has 0 atom stereocenters. The van der Waals surface area contributed by atoms with E-state index in [9.17, 15) is 19.8 Å². The first kappa shape index (κ1) is 13.8. The second-order valence-electron chi connectivity index (χ2n) is 4.36. The van der Waals surface area contributed by atoms with Crippen LogP contribution >= 0.6 is 45.2 Å². The maximum atomic E-state index is 12.1. The number of halogens is 2. The molecule has 1 aliphatic carbocycles. The van der Waals surface area contributed by atoms with Crippen LogP contribution in [0.1, 0.15) is 20.7 Å². The van der Waals surface area contributed by atoms with Gasteiger partial charge in [0.1, 0.15) is 11.5 Å². The predicted octanol–water partition coefficient (Wildman–Crippen LogP) is 3.35. The molecule has 0 amide bonds. The summed E-state index contributed by atoms with van der Waals surface area (Å²) in [6.45, 7) is 0. The number of Topliss-reactive ketones (excluding diaryl/α,β-unsaturated/α-hetero) is 2. The van der Waals surface area contributed by atoms with Crippen LogP contribution in [0.4, 0.5) is 0 Å². The van der Waals surface area contributed by atoms with Crippen LogP contribution in [0.5, 0.6) is 11.5 Å². The van der Waals surface area contributed by atoms with Crippen molar-refractivity contribution in [1.29, 1.82) is 0 Å². The SMILES string of the molecule is O=C1C(=O)c2cc(I)c(O)cc2-c2cc(O)c(I)cc21. The van der Waals surface area contributed by atoms with Gasteiger partial charge in [-0.25, -0.2) is 0 Å². The third-order valence-electron chi connectivity index (χ3n) is 3.16. The molecule has 100 valence electrons. The van der Waals surface area contributed by atoms with Crippen molar-refractivity contribution in [2.24, 2.45) is 0 Å². The van der Waals surface area contributed by atoms with Gasteiger partial charge in [-0.3, -0.25) is 9.59 Å². The Morgan fingerprint density at radius 3 is 1.35 bits per heavy atom. The summed E-state index contributed by atoms with van der Waals surface area (Å²) >= 11 is 3.79. The van der Waals surface area contributed by atoms with Crippen LogP contribution in [0.15, 0.2) is 24.3 Å². The van der Waals surface area contributed by atoms with Crippen molar-refractivity contribution in [2.45, 2.75) is 0 Å². The Morgan fingerprint density at radius 2 is 1.00 bits per heavy atom. The number of carbonyl (C=O) groups is 2. The first-order chi connectivity index (χ1) is 9.40. The zero-order chi connectivity index (χ0) is 14.6. The minimum atomic E-state index is -0.591. The molecule has 1 aliphatic rings. The van der Waals surface area contributed by atoms with Gasteiger partial charge in [-0.1, -0.05) is 0 Å². The standard InChI is InChI=1S/C14H6I2O4/c15-9-1-7-5(3-11(9)17)6-4-12(18)10(16)2-8(6)14(20)13(7)19/h1-4,17-18H. The van der Waals surface area contributed by atoms with E-state index < -0.39 is 11.6 Å². The molecule has 4 nitrogen and oxygen atoms in total. The van der Waals surface area contributed by atoms with E-state index in [0.29, 0.717) is 18.3 Å². The van der Waals surface area contributed by atoms with E-state index >= 15 is 0 Å². The highest BCUT2D eigenvalue weighted by molar-refractivity contribution is 14.1. The quantitative estimate of drug-likeness (QED) is 0.438. The Balaban J connectivity index is 2.42. The van der Waals surface area contributed by atoms with Crippen LogP contribution in [0.3, 0.4) is 0 Å². The van der Waals surface area contributed by atoms with Crippen LogP contribution in [0, 0.1) is 7.14 Å². The largest absolute Gasteiger partial charge is 0.507 e. The molecule has 0 saturated heterocycles. The number of ketones is 2. The third kappa shape index (κ3) is 1.93. The summed E-state index contributed by atoms with van der Waals surface area (Å²) < 4.78 is 1.00. The summed E-state index contributed by atoms with van der Waals surface area (Å²) in [5, 5.41) is 19.6. The Morgan fingerprint density at radius 1 is 0.650 bits per heavy atom. The molecule has 2 N–H and O–H groups in total. The van der Waals surface area contributed by atoms with Crippen molar-refractivity contribution < 1.29 is 19.8 Å². The van der Waals surface area contributed by atoms with E-state index in [1.807, 2.05) is 45.2 Å². The fraction of sp³-hybridized carbons (Fsp3) is 0. The second-order valence-corrected chi connectivity index (χ2v) is 6.68. The van der Waals surface area contributed by atoms with Crippen LogP contribution in [0.2, 0.25) is 0 Å². The zero-order valence-corrected chi connectivity index (χ0v) is 14.1. The van der Waals surface area contributed by atoms with Gasteiger partial charge in [-0.2, -0.15) is 0 Å². The van der Waals surface area contributed by atoms with Gasteiger partial charge in [-0.15, -0.1) is 0 Å². The molecule has 0 radical (unpaired) electrons. The molecular weight excluding hydrogens is 486 g/mol. The fourth-order valence-electron chi connectivity index (χ4n) is 2.19. The van der Waals surface area contributed by atoms with Crippen molar-refractivity contribution in [1.82, 2.24) is 0 Å². The molecular formula is C14H6I2O4. The number of carbonyl (C=O) groups excluding carboxylic acids is 2. The fourth-order valence-corrected chi connectivity index (χ4v) is 3.12. The average molecular weight is 492 g/mol. The van der Waals surface area contributed by atoms with E-state index in [-0.39, 0.29) is 22.6 Å². The van der Waals surface area contributed by atoms with Gasteiger partial charge < -0.3 is 10.2 Å². The molecule has 2 aromatic carbocycles. The third-order valence-corrected chi connectivity index (χ3v) is 4.89. The summed E-state index contributed by atoms with van der Waals surface area (Å²) in [6, 6.07) is 5.88. The molecule has 0 spiro atoms. The minimum absolute atomic E-state index is 0.0375. The lowest BCUT2D eigenvalue weighted by atomic mass is 9.84. The molecule has 0 heterocycles. The summed E-state index contributed by atoms with van der Waals surface area (Å²) in [6.07, 6.45) is 0. The maximum Gasteiger partial charge on any atom is 0.234 e. The normalized spacial score (nSPS) is 13.1. The topological polar surface area (TPSA) is 74.6 Å². The number of phenolic OH excluding ortho intramolecular Hbond substituents is 2. The molecule has 2 aromatic rings. The molecule has 0 fully saturated rings. The van der Waals surface area contributed by atoms with Crippen LogP contribution in [-0.4, -0.2) is 21.8 Å². The molecule has 0 bridgehead atoms. The zero-order valence-electron chi connectivity index (χ0n) is 9.78. The molecule has 0 unspecified atom stereocenters. The van der Waals surface area contributed by atoms with Gasteiger partial charge >= 0.3 is 0 Å². The van der Waals surface area contributed by atoms with Crippen molar-refractivity contribution in [3.8, 4) is 22.6 Å². The number of aromatic hydroxyl groups is 2. The Bertz CT molecular complexity index is 729. The highest BCUT2D eigenvalue weighted by Gasteiger charge is 2.32. The molecule has 0 aliphatic heterocycles. The van der Waals surface area contributed by atoms with Gasteiger partial charge in [0, 0.05) is 11.1 Å². The molecule has 0 saturated carbocycles. The van der Waals surface area contributed by atoms with E-state index in [1.165, 1.54) is 24.3 Å². The van der Waals surface area contributed by atoms with Crippen LogP contribution in [0.25, 0.3) is 11.1 Å². The molecule has 0 aromatic heterocycles. The van der Waals surface area contributed by atoms with Crippen molar-refractivity contribution >= 4 is 56.7 Å². The number of rotatable bonds is 0. The number of benzene rings is 2. The summed E-state index contributed by atoms with van der Waals surface area (Å²) in [5.41, 5.74) is 1.44. The van der Waals surface area contributed by atoms with E-state index in [0.717, 1.165) is 0 Å². The van der Waals surface area contributed by atoms with Crippen LogP contribution < -0.4 is 0 Å². The monoisotopic (exact) mass is 492 g/mol. The van der Waals surface area contributed by atoms with Gasteiger partial charge in [0.25, 0.3) is 0 Å². The maximum absolute atomic E-state index is 12.1. The Kier molecular flexibility index (Phi) is 3.24. The highest BCUT2D eigenvalue weighted by atomic mass is 127. The lowest BCUT2D eigenvalue weighted by molar-refractivity contribution is 0.0815. The first-order valence-corrected chi connectivity index (χ1v) is 7.70. The minimum Gasteiger partial charge on any atom is -0.507 e. The van der Waals surface area contributed by atoms with Crippen LogP contribution in [-0.2, 0) is 0 Å². The lowest BCUT2D eigenvalue weighted by Gasteiger charge is -2.19. The highest BCUT2D eigenvalue weighted by Crippen LogP contribution is 2.40. The Labute approximate surface area is 141 Å². The van der Waals surface area contributed by atoms with Gasteiger partial charge in [0.05, 0.1) is 7.14 Å². The number of fused-ring (bicyclic) bond motifs is 3. The van der Waals surface area contributed by atoms with E-state index in [1.54, 1.807) is 0 Å². The average Bonchev–Trinajstić information content (AvgIpc) is 2.41. The lowest BCUT2D eigenvalue weighted by Crippen LogP contribution is -2.21. The number of phenols is 2. The summed E-state index contributed by atoms with van der Waals surface area (Å²) in [7, 11) is 0. The Hall–Kier alpha value is -1.16.